The van der Waals surface area contributed by atoms with Crippen molar-refractivity contribution >= 4 is 40.2 Å². The zero-order valence-electron chi connectivity index (χ0n) is 19.2. The van der Waals surface area contributed by atoms with E-state index in [4.69, 9.17) is 33.3 Å². The zero-order valence-corrected chi connectivity index (χ0v) is 20.8. The lowest BCUT2D eigenvalue weighted by Gasteiger charge is -2.46. The largest absolute Gasteiger partial charge is 0.395 e. The predicted molar refractivity (Wildman–Crippen MR) is 133 cm³/mol. The smallest absolute Gasteiger partial charge is 0.227 e. The van der Waals surface area contributed by atoms with Crippen molar-refractivity contribution in [3.05, 3.63) is 35.2 Å². The standard InChI is InChI=1S/C24H32Cl2N6O/c1-15-21-11-27-24(31-13-18(14-31)17-4-3-7-30(12-17)8-9-33)28-23(21)32(29-15)16(2)20-6-5-19(25)10-22(20)26/h5-6,10-11,16-18,20,22,33H,3-4,7-9,12-14H2,1-2H3. The van der Waals surface area contributed by atoms with Crippen LogP contribution in [-0.2, 0) is 0 Å². The third kappa shape index (κ3) is 4.53. The van der Waals surface area contributed by atoms with Gasteiger partial charge >= 0.3 is 0 Å². The molecule has 0 radical (unpaired) electrons. The van der Waals surface area contributed by atoms with Crippen molar-refractivity contribution in [2.75, 3.05) is 44.2 Å². The number of hydrogen-bond acceptors (Lipinski definition) is 6. The van der Waals surface area contributed by atoms with Gasteiger partial charge in [-0.05, 0) is 57.2 Å². The Bertz CT molecular complexity index is 1060. The molecule has 5 rings (SSSR count). The molecule has 0 spiro atoms. The zero-order chi connectivity index (χ0) is 23.1. The van der Waals surface area contributed by atoms with Crippen LogP contribution < -0.4 is 4.90 Å². The third-order valence-electron chi connectivity index (χ3n) is 7.54. The second-order valence-corrected chi connectivity index (χ2v) is 10.6. The maximum absolute atomic E-state index is 9.27. The highest BCUT2D eigenvalue weighted by atomic mass is 35.5. The maximum Gasteiger partial charge on any atom is 0.227 e. The molecule has 2 aromatic heterocycles. The lowest BCUT2D eigenvalue weighted by molar-refractivity contribution is 0.101. The number of alkyl halides is 1. The first-order valence-electron chi connectivity index (χ1n) is 11.9. The van der Waals surface area contributed by atoms with Gasteiger partial charge in [0.1, 0.15) is 0 Å². The Morgan fingerprint density at radius 1 is 1.24 bits per heavy atom. The molecule has 0 saturated carbocycles. The number of likely N-dealkylation sites (tertiary alicyclic amines) is 1. The van der Waals surface area contributed by atoms with E-state index in [0.29, 0.717) is 16.9 Å². The SMILES string of the molecule is Cc1nn(C(C)C2C=CC(Cl)=CC2Cl)c2nc(N3CC(C4CCCN(CCO)C4)C3)ncc12. The molecule has 4 unspecified atom stereocenters. The number of halogens is 2. The van der Waals surface area contributed by atoms with E-state index in [9.17, 15) is 5.11 Å². The molecule has 0 aromatic carbocycles. The minimum atomic E-state index is -0.185. The van der Waals surface area contributed by atoms with E-state index in [1.807, 2.05) is 30.0 Å². The number of aromatic nitrogens is 4. The molecule has 3 aliphatic rings. The first-order chi connectivity index (χ1) is 15.9. The molecule has 7 nitrogen and oxygen atoms in total. The fourth-order valence-corrected chi connectivity index (χ4v) is 6.21. The van der Waals surface area contributed by atoms with Crippen LogP contribution in [0.1, 0.15) is 31.5 Å². The number of hydrogen-bond donors (Lipinski definition) is 1. The van der Waals surface area contributed by atoms with Crippen LogP contribution in [0.25, 0.3) is 11.0 Å². The molecule has 2 aliphatic heterocycles. The maximum atomic E-state index is 9.27. The summed E-state index contributed by atoms with van der Waals surface area (Å²) in [6, 6.07) is 0.0348. The Morgan fingerprint density at radius 2 is 2.06 bits per heavy atom. The summed E-state index contributed by atoms with van der Waals surface area (Å²) in [5.41, 5.74) is 1.79. The molecule has 178 valence electrons. The number of aryl methyl sites for hydroxylation is 1. The Balaban J connectivity index is 1.32. The van der Waals surface area contributed by atoms with Crippen molar-refractivity contribution in [1.82, 2.24) is 24.6 Å². The number of piperidine rings is 1. The molecule has 2 saturated heterocycles. The van der Waals surface area contributed by atoms with Gasteiger partial charge in [0.05, 0.1) is 29.1 Å². The number of β-amino-alcohol motifs (C(OH)–C–C–N with tert-alkyl or cyclic N) is 1. The van der Waals surface area contributed by atoms with Crippen molar-refractivity contribution in [2.45, 2.75) is 38.1 Å². The number of rotatable bonds is 6. The summed E-state index contributed by atoms with van der Waals surface area (Å²) < 4.78 is 2.00. The van der Waals surface area contributed by atoms with Gasteiger partial charge in [-0.2, -0.15) is 10.1 Å². The first-order valence-corrected chi connectivity index (χ1v) is 12.8. The topological polar surface area (TPSA) is 70.3 Å². The Kier molecular flexibility index (Phi) is 6.67. The average Bonchev–Trinajstić information content (AvgIpc) is 3.09. The van der Waals surface area contributed by atoms with E-state index in [2.05, 4.69) is 27.8 Å². The minimum absolute atomic E-state index is 0.0348. The van der Waals surface area contributed by atoms with Gasteiger partial charge in [0.2, 0.25) is 5.95 Å². The molecular formula is C24H32Cl2N6O. The average molecular weight is 491 g/mol. The molecule has 1 N–H and O–H groups in total. The van der Waals surface area contributed by atoms with Crippen molar-refractivity contribution in [1.29, 1.82) is 0 Å². The van der Waals surface area contributed by atoms with Gasteiger partial charge in [-0.3, -0.25) is 0 Å². The molecule has 9 heteroatoms. The van der Waals surface area contributed by atoms with E-state index in [1.165, 1.54) is 12.8 Å². The summed E-state index contributed by atoms with van der Waals surface area (Å²) in [7, 11) is 0. The van der Waals surface area contributed by atoms with Crippen LogP contribution in [0.5, 0.6) is 0 Å². The van der Waals surface area contributed by atoms with E-state index >= 15 is 0 Å². The summed E-state index contributed by atoms with van der Waals surface area (Å²) in [5.74, 6) is 2.21. The number of aliphatic hydroxyl groups is 1. The van der Waals surface area contributed by atoms with Crippen LogP contribution in [0.4, 0.5) is 5.95 Å². The Labute approximate surface area is 205 Å². The number of anilines is 1. The first kappa shape index (κ1) is 23.1. The van der Waals surface area contributed by atoms with Gasteiger partial charge in [0.15, 0.2) is 5.65 Å². The molecule has 4 heterocycles. The summed E-state index contributed by atoms with van der Waals surface area (Å²) >= 11 is 12.7. The second kappa shape index (κ2) is 9.53. The van der Waals surface area contributed by atoms with Crippen molar-refractivity contribution in [2.24, 2.45) is 17.8 Å². The molecule has 1 aliphatic carbocycles. The van der Waals surface area contributed by atoms with Crippen LogP contribution in [-0.4, -0.2) is 74.5 Å². The molecule has 2 fully saturated rings. The van der Waals surface area contributed by atoms with Crippen molar-refractivity contribution in [3.63, 3.8) is 0 Å². The fourth-order valence-electron chi connectivity index (χ4n) is 5.51. The monoisotopic (exact) mass is 490 g/mol. The molecule has 0 bridgehead atoms. The van der Waals surface area contributed by atoms with Crippen molar-refractivity contribution in [3.8, 4) is 0 Å². The van der Waals surface area contributed by atoms with Crippen molar-refractivity contribution < 1.29 is 5.11 Å². The lowest BCUT2D eigenvalue weighted by Crippen LogP contribution is -2.54. The number of aliphatic hydroxyl groups excluding tert-OH is 1. The summed E-state index contributed by atoms with van der Waals surface area (Å²) in [6.45, 7) is 9.34. The van der Waals surface area contributed by atoms with Crippen LogP contribution in [0.15, 0.2) is 29.5 Å². The summed E-state index contributed by atoms with van der Waals surface area (Å²) in [5, 5.41) is 15.5. The predicted octanol–water partition coefficient (Wildman–Crippen LogP) is 3.75. The van der Waals surface area contributed by atoms with Gasteiger partial charge in [0.25, 0.3) is 0 Å². The molecule has 2 aromatic rings. The molecule has 4 atom stereocenters. The van der Waals surface area contributed by atoms with E-state index in [1.54, 1.807) is 0 Å². The lowest BCUT2D eigenvalue weighted by atomic mass is 9.81. The highest BCUT2D eigenvalue weighted by molar-refractivity contribution is 6.32. The van der Waals surface area contributed by atoms with Gasteiger partial charge in [-0.1, -0.05) is 17.7 Å². The molecule has 33 heavy (non-hydrogen) atoms. The quantitative estimate of drug-likeness (QED) is 0.621. The van der Waals surface area contributed by atoms with E-state index in [0.717, 1.165) is 55.4 Å². The number of nitrogens with zero attached hydrogens (tertiary/aromatic N) is 6. The van der Waals surface area contributed by atoms with Gasteiger partial charge < -0.3 is 14.9 Å². The summed E-state index contributed by atoms with van der Waals surface area (Å²) in [6.07, 6.45) is 10.3. The number of fused-ring (bicyclic) bond motifs is 1. The van der Waals surface area contributed by atoms with Crippen LogP contribution in [0.2, 0.25) is 0 Å². The fraction of sp³-hybridized carbons (Fsp3) is 0.625. The van der Waals surface area contributed by atoms with Crippen LogP contribution >= 0.6 is 23.2 Å². The van der Waals surface area contributed by atoms with Gasteiger partial charge in [0, 0.05) is 43.3 Å². The van der Waals surface area contributed by atoms with E-state index in [-0.39, 0.29) is 23.9 Å². The Morgan fingerprint density at radius 3 is 2.82 bits per heavy atom. The highest BCUT2D eigenvalue weighted by Crippen LogP contribution is 2.36. The number of allylic oxidation sites excluding steroid dienone is 4. The third-order valence-corrected chi connectivity index (χ3v) is 8.21. The molecule has 0 amide bonds. The van der Waals surface area contributed by atoms with Crippen LogP contribution in [0.3, 0.4) is 0 Å². The van der Waals surface area contributed by atoms with Gasteiger partial charge in [-0.25, -0.2) is 9.67 Å². The van der Waals surface area contributed by atoms with E-state index < -0.39 is 0 Å². The Hall–Kier alpha value is -1.67. The van der Waals surface area contributed by atoms with Gasteiger partial charge in [-0.15, -0.1) is 11.6 Å². The normalized spacial score (nSPS) is 27.6. The highest BCUT2D eigenvalue weighted by Gasteiger charge is 2.37. The van der Waals surface area contributed by atoms with Crippen LogP contribution in [0, 0.1) is 24.7 Å². The minimum Gasteiger partial charge on any atom is -0.395 e. The molecular weight excluding hydrogens is 459 g/mol. The summed E-state index contributed by atoms with van der Waals surface area (Å²) in [4.78, 5) is 14.3. The second-order valence-electron chi connectivity index (χ2n) is 9.70.